The molecule has 1 unspecified atom stereocenters. The zero-order valence-corrected chi connectivity index (χ0v) is 18.6. The van der Waals surface area contributed by atoms with E-state index in [-0.39, 0.29) is 31.3 Å². The van der Waals surface area contributed by atoms with E-state index in [1.54, 1.807) is 0 Å². The van der Waals surface area contributed by atoms with E-state index in [2.05, 4.69) is 27.7 Å². The number of fused-ring (bicyclic) bond motifs is 3. The van der Waals surface area contributed by atoms with Crippen LogP contribution in [0.2, 0.25) is 0 Å². The Balaban J connectivity index is 1.36. The predicted molar refractivity (Wildman–Crippen MR) is 123 cm³/mol. The third-order valence-electron chi connectivity index (χ3n) is 6.30. The van der Waals surface area contributed by atoms with Gasteiger partial charge in [-0.05, 0) is 35.7 Å². The first kappa shape index (κ1) is 22.8. The molecule has 2 aromatic carbocycles. The van der Waals surface area contributed by atoms with Crippen LogP contribution in [0.4, 0.5) is 4.79 Å². The van der Waals surface area contributed by atoms with Gasteiger partial charge < -0.3 is 25.4 Å². The quantitative estimate of drug-likeness (QED) is 0.541. The molecule has 0 spiro atoms. The van der Waals surface area contributed by atoms with Gasteiger partial charge in [0.2, 0.25) is 5.91 Å². The van der Waals surface area contributed by atoms with E-state index in [1.165, 1.54) is 0 Å². The minimum Gasteiger partial charge on any atom is -0.481 e. The molecule has 4 rings (SSSR count). The molecule has 1 aliphatic carbocycles. The van der Waals surface area contributed by atoms with Crippen molar-refractivity contribution in [3.8, 4) is 11.1 Å². The molecule has 1 atom stereocenters. The van der Waals surface area contributed by atoms with Gasteiger partial charge >= 0.3 is 12.1 Å². The molecule has 2 aliphatic rings. The van der Waals surface area contributed by atoms with Gasteiger partial charge in [-0.1, -0.05) is 48.5 Å². The zero-order chi connectivity index (χ0) is 23.4. The molecule has 33 heavy (non-hydrogen) atoms. The van der Waals surface area contributed by atoms with Gasteiger partial charge in [-0.15, -0.1) is 0 Å². The molecule has 0 saturated carbocycles. The predicted octanol–water partition coefficient (Wildman–Crippen LogP) is 2.44. The van der Waals surface area contributed by atoms with Crippen LogP contribution in [0.1, 0.15) is 29.9 Å². The van der Waals surface area contributed by atoms with Crippen molar-refractivity contribution >= 4 is 18.0 Å². The minimum atomic E-state index is -1.03. The lowest BCUT2D eigenvalue weighted by Gasteiger charge is -2.36. The molecule has 2 amide bonds. The van der Waals surface area contributed by atoms with Crippen molar-refractivity contribution in [2.75, 3.05) is 33.3 Å². The van der Waals surface area contributed by atoms with Crippen molar-refractivity contribution in [1.29, 1.82) is 0 Å². The Labute approximate surface area is 192 Å². The summed E-state index contributed by atoms with van der Waals surface area (Å²) >= 11 is 0. The highest BCUT2D eigenvalue weighted by molar-refractivity contribution is 5.86. The SMILES string of the molecule is CN1CC(CNC(=O)C(CCC(=O)O)NC(=O)OCC2c3ccccc3-c3ccccc32)C1. The summed E-state index contributed by atoms with van der Waals surface area (Å²) in [5.41, 5.74) is 4.44. The number of carbonyl (C=O) groups is 3. The van der Waals surface area contributed by atoms with E-state index in [1.807, 2.05) is 43.4 Å². The molecule has 0 radical (unpaired) electrons. The summed E-state index contributed by atoms with van der Waals surface area (Å²) < 4.78 is 5.51. The summed E-state index contributed by atoms with van der Waals surface area (Å²) in [5, 5.41) is 14.4. The maximum atomic E-state index is 12.6. The molecule has 2 aromatic rings. The average Bonchev–Trinajstić information content (AvgIpc) is 3.10. The molecule has 0 aromatic heterocycles. The largest absolute Gasteiger partial charge is 0.481 e. The first-order valence-corrected chi connectivity index (χ1v) is 11.2. The highest BCUT2D eigenvalue weighted by Crippen LogP contribution is 2.44. The maximum Gasteiger partial charge on any atom is 0.407 e. The first-order valence-electron chi connectivity index (χ1n) is 11.2. The van der Waals surface area contributed by atoms with Crippen LogP contribution in [-0.2, 0) is 14.3 Å². The fourth-order valence-electron chi connectivity index (χ4n) is 4.64. The van der Waals surface area contributed by atoms with Gasteiger partial charge in [0.25, 0.3) is 0 Å². The standard InChI is InChI=1S/C25H29N3O5/c1-28-13-16(14-28)12-26-24(31)22(10-11-23(29)30)27-25(32)33-15-21-19-8-4-2-6-17(19)18-7-3-5-9-20(18)21/h2-9,16,21-22H,10-15H2,1H3,(H,26,31)(H,27,32)(H,29,30). The summed E-state index contributed by atoms with van der Waals surface area (Å²) in [7, 11) is 2.01. The van der Waals surface area contributed by atoms with Gasteiger partial charge in [-0.25, -0.2) is 4.79 Å². The van der Waals surface area contributed by atoms with Gasteiger partial charge in [0, 0.05) is 37.9 Å². The fraction of sp³-hybridized carbons (Fsp3) is 0.400. The number of nitrogens with zero attached hydrogens (tertiary/aromatic N) is 1. The van der Waals surface area contributed by atoms with E-state index in [0.29, 0.717) is 12.5 Å². The number of carboxylic acid groups (broad SMARTS) is 1. The van der Waals surface area contributed by atoms with E-state index in [9.17, 15) is 14.4 Å². The van der Waals surface area contributed by atoms with Gasteiger partial charge in [0.05, 0.1) is 0 Å². The number of hydrogen-bond donors (Lipinski definition) is 3. The molecule has 3 N–H and O–H groups in total. The van der Waals surface area contributed by atoms with Crippen LogP contribution in [-0.4, -0.2) is 67.3 Å². The van der Waals surface area contributed by atoms with Crippen molar-refractivity contribution in [2.45, 2.75) is 24.8 Å². The molecule has 174 valence electrons. The number of amides is 2. The average molecular weight is 452 g/mol. The zero-order valence-electron chi connectivity index (χ0n) is 18.6. The normalized spacial score (nSPS) is 16.3. The number of carbonyl (C=O) groups excluding carboxylic acids is 2. The fourth-order valence-corrected chi connectivity index (χ4v) is 4.64. The molecule has 1 heterocycles. The Kier molecular flexibility index (Phi) is 6.93. The van der Waals surface area contributed by atoms with Crippen molar-refractivity contribution < 1.29 is 24.2 Å². The monoisotopic (exact) mass is 451 g/mol. The van der Waals surface area contributed by atoms with Gasteiger partial charge in [-0.2, -0.15) is 0 Å². The smallest absolute Gasteiger partial charge is 0.407 e. The number of nitrogens with one attached hydrogen (secondary N) is 2. The molecule has 1 fully saturated rings. The van der Waals surface area contributed by atoms with Crippen LogP contribution >= 0.6 is 0 Å². The van der Waals surface area contributed by atoms with E-state index in [4.69, 9.17) is 9.84 Å². The number of hydrogen-bond acceptors (Lipinski definition) is 5. The van der Waals surface area contributed by atoms with E-state index >= 15 is 0 Å². The summed E-state index contributed by atoms with van der Waals surface area (Å²) in [6.07, 6.45) is -0.963. The number of rotatable bonds is 9. The molecule has 0 bridgehead atoms. The Bertz CT molecular complexity index is 989. The molecule has 8 heteroatoms. The first-order chi connectivity index (χ1) is 15.9. The van der Waals surface area contributed by atoms with Crippen molar-refractivity contribution in [2.24, 2.45) is 5.92 Å². The number of carboxylic acids is 1. The number of ether oxygens (including phenoxy) is 1. The van der Waals surface area contributed by atoms with Crippen LogP contribution in [0, 0.1) is 5.92 Å². The van der Waals surface area contributed by atoms with Crippen LogP contribution in [0.25, 0.3) is 11.1 Å². The van der Waals surface area contributed by atoms with Crippen LogP contribution in [0.3, 0.4) is 0 Å². The van der Waals surface area contributed by atoms with Gasteiger partial charge in [-0.3, -0.25) is 9.59 Å². The second-order valence-corrected chi connectivity index (χ2v) is 8.79. The van der Waals surface area contributed by atoms with Crippen LogP contribution in [0.15, 0.2) is 48.5 Å². The Morgan fingerprint density at radius 2 is 1.67 bits per heavy atom. The molecular weight excluding hydrogens is 422 g/mol. The number of aliphatic carboxylic acids is 1. The molecule has 1 saturated heterocycles. The lowest BCUT2D eigenvalue weighted by molar-refractivity contribution is -0.137. The van der Waals surface area contributed by atoms with Crippen LogP contribution < -0.4 is 10.6 Å². The molecule has 1 aliphatic heterocycles. The summed E-state index contributed by atoms with van der Waals surface area (Å²) in [4.78, 5) is 38.3. The van der Waals surface area contributed by atoms with Crippen molar-refractivity contribution in [3.05, 3.63) is 59.7 Å². The lowest BCUT2D eigenvalue weighted by atomic mass is 9.98. The summed E-state index contributed by atoms with van der Waals surface area (Å²) in [5.74, 6) is -1.14. The third kappa shape index (κ3) is 5.34. The molecular formula is C25H29N3O5. The highest BCUT2D eigenvalue weighted by Gasteiger charge is 2.30. The number of alkyl carbamates (subject to hydrolysis) is 1. The molecule has 8 nitrogen and oxygen atoms in total. The Hall–Kier alpha value is -3.39. The van der Waals surface area contributed by atoms with Gasteiger partial charge in [0.15, 0.2) is 0 Å². The van der Waals surface area contributed by atoms with E-state index in [0.717, 1.165) is 35.3 Å². The topological polar surface area (TPSA) is 108 Å². The summed E-state index contributed by atoms with van der Waals surface area (Å²) in [6.45, 7) is 2.43. The van der Waals surface area contributed by atoms with Crippen molar-refractivity contribution in [3.63, 3.8) is 0 Å². The lowest BCUT2D eigenvalue weighted by Crippen LogP contribution is -2.53. The number of benzene rings is 2. The van der Waals surface area contributed by atoms with Crippen molar-refractivity contribution in [1.82, 2.24) is 15.5 Å². The maximum absolute atomic E-state index is 12.6. The van der Waals surface area contributed by atoms with Gasteiger partial charge in [0.1, 0.15) is 12.6 Å². The Morgan fingerprint density at radius 1 is 1.06 bits per heavy atom. The minimum absolute atomic E-state index is 0.00404. The Morgan fingerprint density at radius 3 is 2.24 bits per heavy atom. The second kappa shape index (κ2) is 10.0. The number of likely N-dealkylation sites (tertiary alicyclic amines) is 1. The van der Waals surface area contributed by atoms with Crippen LogP contribution in [0.5, 0.6) is 0 Å². The third-order valence-corrected chi connectivity index (χ3v) is 6.30. The van der Waals surface area contributed by atoms with E-state index < -0.39 is 18.1 Å². The second-order valence-electron chi connectivity index (χ2n) is 8.79. The highest BCUT2D eigenvalue weighted by atomic mass is 16.5. The summed E-state index contributed by atoms with van der Waals surface area (Å²) in [6, 6.07) is 15.1.